The summed E-state index contributed by atoms with van der Waals surface area (Å²) in [5.41, 5.74) is -0.608. The molecular weight excluding hydrogens is 578 g/mol. The molecule has 8 nitrogen and oxygen atoms in total. The van der Waals surface area contributed by atoms with Gasteiger partial charge in [-0.1, -0.05) is 67.9 Å². The monoisotopic (exact) mass is 619 g/mol. The normalized spacial score (nSPS) is 27.7. The molecule has 3 amide bonds. The summed E-state index contributed by atoms with van der Waals surface area (Å²) in [5.74, 6) is -2.71. The van der Waals surface area contributed by atoms with Gasteiger partial charge in [-0.25, -0.2) is 0 Å². The zero-order valence-corrected chi connectivity index (χ0v) is 26.5. The highest BCUT2D eigenvalue weighted by molar-refractivity contribution is 6.30. The first kappa shape index (κ1) is 31.9. The Morgan fingerprint density at radius 2 is 1.73 bits per heavy atom. The molecule has 2 aromatic rings. The summed E-state index contributed by atoms with van der Waals surface area (Å²) in [6.45, 7) is 14.0. The molecule has 3 heterocycles. The van der Waals surface area contributed by atoms with E-state index in [9.17, 15) is 19.5 Å². The first-order chi connectivity index (χ1) is 21.0. The first-order valence-electron chi connectivity index (χ1n) is 15.3. The number of aliphatic hydroxyl groups excluding tert-OH is 1. The van der Waals surface area contributed by atoms with Gasteiger partial charge in [0.25, 0.3) is 5.91 Å². The summed E-state index contributed by atoms with van der Waals surface area (Å²) < 4.78 is 6.86. The highest BCUT2D eigenvalue weighted by Crippen LogP contribution is 2.64. The number of rotatable bonds is 12. The van der Waals surface area contributed by atoms with Crippen LogP contribution in [-0.2, 0) is 25.7 Å². The largest absolute Gasteiger partial charge is 0.394 e. The maximum atomic E-state index is 14.8. The molecule has 3 saturated heterocycles. The van der Waals surface area contributed by atoms with Gasteiger partial charge in [0.15, 0.2) is 0 Å². The first-order valence-corrected chi connectivity index (χ1v) is 15.7. The van der Waals surface area contributed by atoms with Gasteiger partial charge in [-0.05, 0) is 55.5 Å². The Hall–Kier alpha value is -3.46. The minimum atomic E-state index is -1.23. The van der Waals surface area contributed by atoms with E-state index >= 15 is 0 Å². The summed E-state index contributed by atoms with van der Waals surface area (Å²) in [6.07, 6.45) is 4.27. The topological polar surface area (TPSA) is 90.4 Å². The fraction of sp³-hybridized carbons (Fsp3) is 0.457. The van der Waals surface area contributed by atoms with Gasteiger partial charge < -0.3 is 24.5 Å². The van der Waals surface area contributed by atoms with Gasteiger partial charge in [0, 0.05) is 30.3 Å². The molecule has 1 N–H and O–H groups in total. The van der Waals surface area contributed by atoms with E-state index in [0.717, 1.165) is 5.56 Å². The number of likely N-dealkylation sites (tertiary alicyclic amines) is 1. The van der Waals surface area contributed by atoms with Crippen molar-refractivity contribution in [2.75, 3.05) is 24.6 Å². The quantitative estimate of drug-likeness (QED) is 0.343. The number of ether oxygens (including phenoxy) is 1. The number of benzene rings is 2. The Labute approximate surface area is 264 Å². The standard InChI is InChI=1S/C35H42ClN3O5/c1-6-19-37(21-24-11-9-8-10-12-24)31(41)28-29-32(42)39(27(22-40)23(3)4)30(35(29)18-17-34(28,5)44-35)33(43)38(20-7-2)26-15-13-25(36)14-16-26/h6-16,23,27-30,40H,1-2,17-22H2,3-5H3/t27-,28+,29-,30?,34-,35?/m0/s1. The van der Waals surface area contributed by atoms with Gasteiger partial charge >= 0.3 is 0 Å². The molecule has 3 aliphatic rings. The number of carbonyl (C=O) groups is 3. The maximum absolute atomic E-state index is 14.8. The summed E-state index contributed by atoms with van der Waals surface area (Å²) in [6, 6.07) is 14.9. The van der Waals surface area contributed by atoms with E-state index in [4.69, 9.17) is 16.3 Å². The summed E-state index contributed by atoms with van der Waals surface area (Å²) >= 11 is 6.15. The smallest absolute Gasteiger partial charge is 0.253 e. The molecular formula is C35H42ClN3O5. The maximum Gasteiger partial charge on any atom is 0.253 e. The third kappa shape index (κ3) is 5.27. The van der Waals surface area contributed by atoms with Crippen LogP contribution in [0.1, 0.15) is 39.2 Å². The van der Waals surface area contributed by atoms with Crippen LogP contribution in [0.4, 0.5) is 5.69 Å². The molecule has 6 atom stereocenters. The zero-order chi connectivity index (χ0) is 31.8. The van der Waals surface area contributed by atoms with E-state index < -0.39 is 35.1 Å². The summed E-state index contributed by atoms with van der Waals surface area (Å²) in [7, 11) is 0. The number of amides is 3. The molecule has 0 aliphatic carbocycles. The number of halogens is 1. The Balaban J connectivity index is 1.60. The Morgan fingerprint density at radius 1 is 1.07 bits per heavy atom. The van der Waals surface area contributed by atoms with E-state index in [1.54, 1.807) is 46.2 Å². The third-order valence-electron chi connectivity index (χ3n) is 9.62. The molecule has 0 radical (unpaired) electrons. The van der Waals surface area contributed by atoms with Crippen LogP contribution >= 0.6 is 11.6 Å². The van der Waals surface area contributed by atoms with Gasteiger partial charge in [-0.3, -0.25) is 14.4 Å². The predicted molar refractivity (Wildman–Crippen MR) is 171 cm³/mol. The lowest BCUT2D eigenvalue weighted by atomic mass is 9.66. The molecule has 0 aromatic heterocycles. The lowest BCUT2D eigenvalue weighted by Crippen LogP contribution is -2.60. The molecule has 0 saturated carbocycles. The molecule has 2 aromatic carbocycles. The van der Waals surface area contributed by atoms with Crippen molar-refractivity contribution in [3.63, 3.8) is 0 Å². The SMILES string of the molecule is C=CCN(Cc1ccccc1)C(=O)[C@H]1[C@H]2C(=O)N([C@@H](CO)C(C)C)C(C(=O)N(CC=C)c3ccc(Cl)cc3)C23CC[C@]1(C)O3. The van der Waals surface area contributed by atoms with Crippen LogP contribution in [0.2, 0.25) is 5.02 Å². The van der Waals surface area contributed by atoms with Gasteiger partial charge in [-0.2, -0.15) is 0 Å². The second-order valence-corrected chi connectivity index (χ2v) is 13.1. The van der Waals surface area contributed by atoms with Crippen molar-refractivity contribution in [2.24, 2.45) is 17.8 Å². The van der Waals surface area contributed by atoms with Crippen LogP contribution in [0.15, 0.2) is 79.9 Å². The van der Waals surface area contributed by atoms with Gasteiger partial charge in [0.2, 0.25) is 11.8 Å². The van der Waals surface area contributed by atoms with Crippen molar-refractivity contribution in [1.29, 1.82) is 0 Å². The predicted octanol–water partition coefficient (Wildman–Crippen LogP) is 4.86. The summed E-state index contributed by atoms with van der Waals surface area (Å²) in [4.78, 5) is 48.8. The van der Waals surface area contributed by atoms with Crippen LogP contribution in [0, 0.1) is 17.8 Å². The lowest BCUT2D eigenvalue weighted by Gasteiger charge is -2.40. The molecule has 2 unspecified atom stereocenters. The highest BCUT2D eigenvalue weighted by Gasteiger charge is 2.79. The number of carbonyl (C=O) groups excluding carboxylic acids is 3. The number of hydrogen-bond donors (Lipinski definition) is 1. The van der Waals surface area contributed by atoms with Crippen molar-refractivity contribution < 1.29 is 24.2 Å². The molecule has 3 fully saturated rings. The van der Waals surface area contributed by atoms with Crippen LogP contribution in [0.5, 0.6) is 0 Å². The van der Waals surface area contributed by atoms with Crippen molar-refractivity contribution >= 4 is 35.0 Å². The molecule has 2 bridgehead atoms. The zero-order valence-electron chi connectivity index (χ0n) is 25.7. The Morgan fingerprint density at radius 3 is 2.32 bits per heavy atom. The Bertz CT molecular complexity index is 1420. The van der Waals surface area contributed by atoms with E-state index in [-0.39, 0.29) is 36.8 Å². The molecule has 3 aliphatic heterocycles. The number of nitrogens with zero attached hydrogens (tertiary/aromatic N) is 3. The molecule has 234 valence electrons. The fourth-order valence-corrected chi connectivity index (χ4v) is 7.73. The van der Waals surface area contributed by atoms with Gasteiger partial charge in [0.1, 0.15) is 11.6 Å². The second-order valence-electron chi connectivity index (χ2n) is 12.7. The summed E-state index contributed by atoms with van der Waals surface area (Å²) in [5, 5.41) is 11.1. The average molecular weight is 620 g/mol. The average Bonchev–Trinajstić information content (AvgIpc) is 3.57. The van der Waals surface area contributed by atoms with Gasteiger partial charge in [-0.15, -0.1) is 13.2 Å². The minimum Gasteiger partial charge on any atom is -0.394 e. The fourth-order valence-electron chi connectivity index (χ4n) is 7.61. The van der Waals surface area contributed by atoms with Crippen molar-refractivity contribution in [3.8, 4) is 0 Å². The van der Waals surface area contributed by atoms with Crippen LogP contribution < -0.4 is 4.90 Å². The van der Waals surface area contributed by atoms with Gasteiger partial charge in [0.05, 0.1) is 30.1 Å². The van der Waals surface area contributed by atoms with Crippen LogP contribution in [-0.4, -0.2) is 75.6 Å². The van der Waals surface area contributed by atoms with Crippen molar-refractivity contribution in [3.05, 3.63) is 90.5 Å². The van der Waals surface area contributed by atoms with Crippen molar-refractivity contribution in [1.82, 2.24) is 9.80 Å². The van der Waals surface area contributed by atoms with E-state index in [1.165, 1.54) is 4.90 Å². The van der Waals surface area contributed by atoms with E-state index in [1.807, 2.05) is 51.1 Å². The Kier molecular flexibility index (Phi) is 9.08. The van der Waals surface area contributed by atoms with Crippen LogP contribution in [0.25, 0.3) is 0 Å². The number of aliphatic hydroxyl groups is 1. The number of anilines is 1. The molecule has 5 rings (SSSR count). The number of fused-ring (bicyclic) bond motifs is 1. The lowest BCUT2D eigenvalue weighted by molar-refractivity contribution is -0.153. The molecule has 9 heteroatoms. The highest BCUT2D eigenvalue weighted by atomic mass is 35.5. The second kappa shape index (κ2) is 12.5. The van der Waals surface area contributed by atoms with E-state index in [2.05, 4.69) is 13.2 Å². The van der Waals surface area contributed by atoms with Crippen molar-refractivity contribution in [2.45, 2.75) is 63.4 Å². The number of hydrogen-bond acceptors (Lipinski definition) is 5. The van der Waals surface area contributed by atoms with Crippen LogP contribution in [0.3, 0.4) is 0 Å². The minimum absolute atomic E-state index is 0.157. The molecule has 44 heavy (non-hydrogen) atoms. The molecule has 1 spiro atoms. The van der Waals surface area contributed by atoms with E-state index in [0.29, 0.717) is 36.6 Å². The third-order valence-corrected chi connectivity index (χ3v) is 9.87.